The van der Waals surface area contributed by atoms with Crippen molar-refractivity contribution in [2.45, 2.75) is 25.4 Å². The first-order valence-corrected chi connectivity index (χ1v) is 8.06. The summed E-state index contributed by atoms with van der Waals surface area (Å²) < 4.78 is 5.01. The number of nitrogens with one attached hydrogen (secondary N) is 2. The van der Waals surface area contributed by atoms with E-state index in [9.17, 15) is 14.7 Å². The Kier molecular flexibility index (Phi) is 4.87. The normalized spacial score (nSPS) is 19.9. The van der Waals surface area contributed by atoms with Crippen LogP contribution in [0.4, 0.5) is 11.4 Å². The Labute approximate surface area is 143 Å². The maximum Gasteiger partial charge on any atom is 0.291 e. The van der Waals surface area contributed by atoms with Crippen molar-refractivity contribution < 1.29 is 19.1 Å². The number of aliphatic hydroxyl groups is 1. The van der Waals surface area contributed by atoms with E-state index in [2.05, 4.69) is 10.6 Å². The molecular formula is C17H17ClN2O4. The highest BCUT2D eigenvalue weighted by Gasteiger charge is 2.31. The van der Waals surface area contributed by atoms with Gasteiger partial charge in [-0.05, 0) is 49.6 Å². The fraction of sp³-hybridized carbons (Fsp3) is 0.294. The average Bonchev–Trinajstić information content (AvgIpc) is 3.21. The van der Waals surface area contributed by atoms with Crippen LogP contribution in [0.3, 0.4) is 0 Å². The Bertz CT molecular complexity index is 745. The summed E-state index contributed by atoms with van der Waals surface area (Å²) in [6.45, 7) is 0. The van der Waals surface area contributed by atoms with Gasteiger partial charge in [0.05, 0.1) is 29.0 Å². The van der Waals surface area contributed by atoms with Gasteiger partial charge in [0.1, 0.15) is 0 Å². The molecule has 2 amide bonds. The Morgan fingerprint density at radius 3 is 2.67 bits per heavy atom. The van der Waals surface area contributed by atoms with Crippen molar-refractivity contribution in [3.05, 3.63) is 47.4 Å². The number of halogens is 1. The van der Waals surface area contributed by atoms with Gasteiger partial charge < -0.3 is 20.2 Å². The number of carbonyl (C=O) groups excluding carboxylic acids is 2. The molecule has 24 heavy (non-hydrogen) atoms. The molecule has 2 aromatic rings. The molecule has 0 bridgehead atoms. The molecule has 6 nitrogen and oxygen atoms in total. The summed E-state index contributed by atoms with van der Waals surface area (Å²) in [5.41, 5.74) is 0.928. The third-order valence-electron chi connectivity index (χ3n) is 4.05. The molecule has 1 fully saturated rings. The highest BCUT2D eigenvalue weighted by molar-refractivity contribution is 6.34. The van der Waals surface area contributed by atoms with Gasteiger partial charge in [-0.2, -0.15) is 0 Å². The van der Waals surface area contributed by atoms with Gasteiger partial charge in [-0.3, -0.25) is 9.59 Å². The summed E-state index contributed by atoms with van der Waals surface area (Å²) in [6, 6.07) is 7.96. The van der Waals surface area contributed by atoms with Crippen LogP contribution < -0.4 is 10.6 Å². The molecule has 1 aliphatic rings. The fourth-order valence-electron chi connectivity index (χ4n) is 2.77. The van der Waals surface area contributed by atoms with Gasteiger partial charge in [0.25, 0.3) is 5.91 Å². The molecule has 2 atom stereocenters. The zero-order valence-electron chi connectivity index (χ0n) is 12.8. The second kappa shape index (κ2) is 7.07. The Hall–Kier alpha value is -2.31. The van der Waals surface area contributed by atoms with Crippen LogP contribution in [0, 0.1) is 5.92 Å². The lowest BCUT2D eigenvalue weighted by molar-refractivity contribution is -0.122. The van der Waals surface area contributed by atoms with Crippen molar-refractivity contribution in [2.24, 2.45) is 5.92 Å². The van der Waals surface area contributed by atoms with Crippen LogP contribution in [0.5, 0.6) is 0 Å². The fourth-order valence-corrected chi connectivity index (χ4v) is 2.99. The smallest absolute Gasteiger partial charge is 0.291 e. The van der Waals surface area contributed by atoms with Crippen LogP contribution in [0.2, 0.25) is 5.02 Å². The van der Waals surface area contributed by atoms with Gasteiger partial charge in [0.2, 0.25) is 5.91 Å². The Morgan fingerprint density at radius 2 is 2.04 bits per heavy atom. The third-order valence-corrected chi connectivity index (χ3v) is 4.36. The molecule has 3 rings (SSSR count). The molecule has 126 valence electrons. The van der Waals surface area contributed by atoms with Crippen molar-refractivity contribution in [2.75, 3.05) is 10.6 Å². The maximum atomic E-state index is 12.2. The minimum Gasteiger partial charge on any atom is -0.459 e. The van der Waals surface area contributed by atoms with E-state index in [-0.39, 0.29) is 17.6 Å². The number of aliphatic hydroxyl groups excluding tert-OH is 1. The van der Waals surface area contributed by atoms with E-state index >= 15 is 0 Å². The first-order valence-electron chi connectivity index (χ1n) is 7.68. The number of benzene rings is 1. The van der Waals surface area contributed by atoms with E-state index in [1.54, 1.807) is 30.3 Å². The predicted octanol–water partition coefficient (Wildman–Crippen LogP) is 3.28. The first kappa shape index (κ1) is 16.5. The lowest BCUT2D eigenvalue weighted by Gasteiger charge is -2.15. The van der Waals surface area contributed by atoms with E-state index < -0.39 is 12.0 Å². The van der Waals surface area contributed by atoms with E-state index in [0.717, 1.165) is 6.42 Å². The standard InChI is InChI=1S/C17H17ClN2O4/c18-12-9-10(19-16(22)11-3-1-4-14(11)21)6-7-13(12)20-17(23)15-5-2-8-24-15/h2,5-9,11,14,21H,1,3-4H2,(H,19,22)(H,20,23). The molecule has 2 unspecified atom stereocenters. The van der Waals surface area contributed by atoms with Crippen LogP contribution in [0.15, 0.2) is 41.0 Å². The van der Waals surface area contributed by atoms with Crippen molar-refractivity contribution >= 4 is 34.8 Å². The minimum absolute atomic E-state index is 0.179. The Balaban J connectivity index is 1.66. The maximum absolute atomic E-state index is 12.2. The summed E-state index contributed by atoms with van der Waals surface area (Å²) in [5.74, 6) is -0.836. The molecule has 1 aromatic carbocycles. The predicted molar refractivity (Wildman–Crippen MR) is 90.1 cm³/mol. The van der Waals surface area contributed by atoms with E-state index in [4.69, 9.17) is 16.0 Å². The number of anilines is 2. The zero-order valence-corrected chi connectivity index (χ0v) is 13.5. The van der Waals surface area contributed by atoms with Crippen molar-refractivity contribution in [1.82, 2.24) is 0 Å². The number of rotatable bonds is 4. The lowest BCUT2D eigenvalue weighted by atomic mass is 10.1. The van der Waals surface area contributed by atoms with Crippen LogP contribution in [-0.2, 0) is 4.79 Å². The molecule has 1 heterocycles. The molecule has 0 radical (unpaired) electrons. The average molecular weight is 349 g/mol. The van der Waals surface area contributed by atoms with Gasteiger partial charge >= 0.3 is 0 Å². The van der Waals surface area contributed by atoms with Gasteiger partial charge in [-0.25, -0.2) is 0 Å². The molecular weight excluding hydrogens is 332 g/mol. The largest absolute Gasteiger partial charge is 0.459 e. The number of furan rings is 1. The first-order chi connectivity index (χ1) is 11.5. The van der Waals surface area contributed by atoms with Crippen molar-refractivity contribution in [3.8, 4) is 0 Å². The molecule has 3 N–H and O–H groups in total. The second-order valence-electron chi connectivity index (χ2n) is 5.72. The van der Waals surface area contributed by atoms with Crippen LogP contribution >= 0.6 is 11.6 Å². The van der Waals surface area contributed by atoms with Crippen LogP contribution in [-0.4, -0.2) is 23.0 Å². The third kappa shape index (κ3) is 3.60. The van der Waals surface area contributed by atoms with Crippen molar-refractivity contribution in [3.63, 3.8) is 0 Å². The van der Waals surface area contributed by atoms with E-state index in [0.29, 0.717) is 29.2 Å². The quantitative estimate of drug-likeness (QED) is 0.790. The van der Waals surface area contributed by atoms with Gasteiger partial charge in [0.15, 0.2) is 5.76 Å². The summed E-state index contributed by atoms with van der Waals surface area (Å²) >= 11 is 6.16. The van der Waals surface area contributed by atoms with Gasteiger partial charge in [-0.1, -0.05) is 11.6 Å². The number of carbonyl (C=O) groups is 2. The zero-order chi connectivity index (χ0) is 17.1. The molecule has 1 saturated carbocycles. The van der Waals surface area contributed by atoms with Crippen LogP contribution in [0.25, 0.3) is 0 Å². The number of amides is 2. The highest BCUT2D eigenvalue weighted by Crippen LogP contribution is 2.29. The molecule has 7 heteroatoms. The lowest BCUT2D eigenvalue weighted by Crippen LogP contribution is -2.28. The van der Waals surface area contributed by atoms with Gasteiger partial charge in [-0.15, -0.1) is 0 Å². The summed E-state index contributed by atoms with van der Waals surface area (Å²) in [5, 5.41) is 15.5. The van der Waals surface area contributed by atoms with Crippen LogP contribution in [0.1, 0.15) is 29.8 Å². The number of hydrogen-bond donors (Lipinski definition) is 3. The molecule has 0 aliphatic heterocycles. The number of hydrogen-bond acceptors (Lipinski definition) is 4. The minimum atomic E-state index is -0.590. The van der Waals surface area contributed by atoms with Gasteiger partial charge in [0, 0.05) is 5.69 Å². The SMILES string of the molecule is O=C(Nc1ccc(NC(=O)C2CCCC2O)cc1Cl)c1ccco1. The van der Waals surface area contributed by atoms with E-state index in [1.807, 2.05) is 0 Å². The molecule has 0 saturated heterocycles. The molecule has 0 spiro atoms. The second-order valence-corrected chi connectivity index (χ2v) is 6.13. The molecule has 1 aromatic heterocycles. The highest BCUT2D eigenvalue weighted by atomic mass is 35.5. The summed E-state index contributed by atoms with van der Waals surface area (Å²) in [4.78, 5) is 24.1. The monoisotopic (exact) mass is 348 g/mol. The molecule has 1 aliphatic carbocycles. The summed E-state index contributed by atoms with van der Waals surface area (Å²) in [7, 11) is 0. The van der Waals surface area contributed by atoms with Crippen molar-refractivity contribution in [1.29, 1.82) is 0 Å². The summed E-state index contributed by atoms with van der Waals surface area (Å²) in [6.07, 6.45) is 2.99. The topological polar surface area (TPSA) is 91.6 Å². The van der Waals surface area contributed by atoms with E-state index in [1.165, 1.54) is 6.26 Å². The Morgan fingerprint density at radius 1 is 1.21 bits per heavy atom.